The quantitative estimate of drug-likeness (QED) is 0.477. The van der Waals surface area contributed by atoms with Gasteiger partial charge in [-0.2, -0.15) is 0 Å². The zero-order chi connectivity index (χ0) is 27.2. The molecule has 1 aromatic heterocycles. The number of nitrogens with zero attached hydrogens (tertiary/aromatic N) is 3. The summed E-state index contributed by atoms with van der Waals surface area (Å²) < 4.78 is 22.5. The number of hydrogen-bond donors (Lipinski definition) is 2. The van der Waals surface area contributed by atoms with Crippen molar-refractivity contribution in [3.05, 3.63) is 41.8 Å². The predicted molar refractivity (Wildman–Crippen MR) is 140 cm³/mol. The number of anilines is 1. The van der Waals surface area contributed by atoms with Crippen molar-refractivity contribution in [1.29, 1.82) is 0 Å². The van der Waals surface area contributed by atoms with Gasteiger partial charge < -0.3 is 34.3 Å². The molecule has 2 N–H and O–H groups in total. The molecule has 4 heterocycles. The van der Waals surface area contributed by atoms with Crippen molar-refractivity contribution in [3.8, 4) is 5.75 Å². The Balaban J connectivity index is 1.14. The Kier molecular flexibility index (Phi) is 8.74. The van der Waals surface area contributed by atoms with Gasteiger partial charge in [0.05, 0.1) is 43.5 Å². The van der Waals surface area contributed by atoms with Gasteiger partial charge in [0, 0.05) is 38.4 Å². The normalized spacial score (nSPS) is 23.6. The van der Waals surface area contributed by atoms with E-state index in [9.17, 15) is 14.4 Å². The van der Waals surface area contributed by atoms with E-state index < -0.39 is 5.91 Å². The van der Waals surface area contributed by atoms with Gasteiger partial charge in [0.2, 0.25) is 11.7 Å². The van der Waals surface area contributed by atoms with Gasteiger partial charge in [0.15, 0.2) is 0 Å². The Bertz CT molecular complexity index is 1150. The zero-order valence-corrected chi connectivity index (χ0v) is 22.1. The van der Waals surface area contributed by atoms with Crippen molar-refractivity contribution in [2.45, 2.75) is 43.9 Å². The van der Waals surface area contributed by atoms with Gasteiger partial charge in [-0.3, -0.25) is 19.3 Å². The van der Waals surface area contributed by atoms with Crippen molar-refractivity contribution in [2.75, 3.05) is 58.4 Å². The van der Waals surface area contributed by atoms with E-state index >= 15 is 0 Å². The number of benzene rings is 1. The second-order valence-corrected chi connectivity index (χ2v) is 10.1. The summed E-state index contributed by atoms with van der Waals surface area (Å²) in [6.07, 6.45) is 3.34. The van der Waals surface area contributed by atoms with E-state index in [2.05, 4.69) is 20.7 Å². The summed E-state index contributed by atoms with van der Waals surface area (Å²) in [4.78, 5) is 42.3. The van der Waals surface area contributed by atoms with Crippen LogP contribution in [0.15, 0.2) is 35.0 Å². The van der Waals surface area contributed by atoms with Gasteiger partial charge in [-0.1, -0.05) is 5.16 Å². The van der Waals surface area contributed by atoms with Crippen molar-refractivity contribution in [2.24, 2.45) is 0 Å². The minimum Gasteiger partial charge on any atom is -0.490 e. The maximum atomic E-state index is 13.4. The van der Waals surface area contributed by atoms with E-state index in [0.29, 0.717) is 36.4 Å². The predicted octanol–water partition coefficient (Wildman–Crippen LogP) is 1.54. The summed E-state index contributed by atoms with van der Waals surface area (Å²) in [5.41, 5.74) is 0.790. The molecule has 2 fully saturated rings. The summed E-state index contributed by atoms with van der Waals surface area (Å²) >= 11 is 0. The maximum Gasteiger partial charge on any atom is 0.294 e. The van der Waals surface area contributed by atoms with Crippen LogP contribution in [0, 0.1) is 0 Å². The fourth-order valence-electron chi connectivity index (χ4n) is 5.27. The van der Waals surface area contributed by atoms with Crippen LogP contribution in [0.1, 0.15) is 46.6 Å². The van der Waals surface area contributed by atoms with Crippen molar-refractivity contribution in [1.82, 2.24) is 20.3 Å². The molecule has 12 heteroatoms. The number of carbonyl (C=O) groups is 3. The monoisotopic (exact) mass is 541 g/mol. The van der Waals surface area contributed by atoms with E-state index in [1.54, 1.807) is 30.1 Å². The number of hydrogen-bond acceptors (Lipinski definition) is 9. The Morgan fingerprint density at radius 1 is 1.15 bits per heavy atom. The molecule has 2 aromatic rings. The average molecular weight is 542 g/mol. The molecule has 0 aliphatic carbocycles. The highest BCUT2D eigenvalue weighted by atomic mass is 16.5. The smallest absolute Gasteiger partial charge is 0.294 e. The van der Waals surface area contributed by atoms with Crippen molar-refractivity contribution in [3.63, 3.8) is 0 Å². The highest BCUT2D eigenvalue weighted by Gasteiger charge is 2.39. The van der Waals surface area contributed by atoms with Crippen LogP contribution in [0.25, 0.3) is 0 Å². The number of amides is 3. The number of rotatable bonds is 8. The average Bonchev–Trinajstić information content (AvgIpc) is 3.49. The third kappa shape index (κ3) is 6.75. The number of likely N-dealkylation sites (N-methyl/N-ethyl adjacent to an activating group) is 1. The van der Waals surface area contributed by atoms with E-state index in [1.807, 2.05) is 0 Å². The summed E-state index contributed by atoms with van der Waals surface area (Å²) in [6.45, 7) is 5.25. The van der Waals surface area contributed by atoms with Crippen LogP contribution < -0.4 is 15.4 Å². The molecule has 3 aliphatic rings. The number of ether oxygens (including phenoxy) is 3. The number of aromatic nitrogens is 1. The topological polar surface area (TPSA) is 135 Å². The molecule has 210 valence electrons. The lowest BCUT2D eigenvalue weighted by atomic mass is 9.94. The van der Waals surface area contributed by atoms with E-state index in [-0.39, 0.29) is 48.9 Å². The van der Waals surface area contributed by atoms with Gasteiger partial charge in [-0.15, -0.1) is 0 Å². The summed E-state index contributed by atoms with van der Waals surface area (Å²) in [5, 5.41) is 9.26. The molecule has 12 nitrogen and oxygen atoms in total. The lowest BCUT2D eigenvalue weighted by Crippen LogP contribution is -2.54. The summed E-state index contributed by atoms with van der Waals surface area (Å²) in [5.74, 6) is -0.239. The molecule has 1 aromatic carbocycles. The first kappa shape index (κ1) is 27.1. The molecule has 3 aliphatic heterocycles. The Morgan fingerprint density at radius 2 is 2.00 bits per heavy atom. The maximum absolute atomic E-state index is 13.4. The number of morpholine rings is 1. The molecule has 3 atom stereocenters. The van der Waals surface area contributed by atoms with Crippen LogP contribution in [-0.4, -0.2) is 104 Å². The molecule has 3 amide bonds. The molecular formula is C27H35N5O7. The minimum atomic E-state index is -0.465. The lowest BCUT2D eigenvalue weighted by molar-refractivity contribution is -0.134. The van der Waals surface area contributed by atoms with Gasteiger partial charge in [0.1, 0.15) is 18.5 Å². The molecule has 0 radical (unpaired) electrons. The molecular weight excluding hydrogens is 506 g/mol. The van der Waals surface area contributed by atoms with Gasteiger partial charge >= 0.3 is 0 Å². The molecule has 5 rings (SSSR count). The van der Waals surface area contributed by atoms with E-state index in [4.69, 9.17) is 18.7 Å². The fourth-order valence-corrected chi connectivity index (χ4v) is 5.27. The lowest BCUT2D eigenvalue weighted by Gasteiger charge is -2.42. The SMILES string of the molecule is CN1C(=O)c2cc(NC(=O)c3ccno3)ccc2OC[C@H]2O[C@@H](CC(=O)NCCCN3CCOCC3)CC[C@@H]21. The molecule has 0 saturated carbocycles. The number of carbonyl (C=O) groups excluding carboxylic acids is 3. The second-order valence-electron chi connectivity index (χ2n) is 10.1. The largest absolute Gasteiger partial charge is 0.490 e. The van der Waals surface area contributed by atoms with Crippen LogP contribution in [0.5, 0.6) is 5.75 Å². The van der Waals surface area contributed by atoms with Crippen LogP contribution in [0.4, 0.5) is 5.69 Å². The third-order valence-corrected chi connectivity index (χ3v) is 7.42. The molecule has 0 bridgehead atoms. The van der Waals surface area contributed by atoms with Crippen molar-refractivity contribution >= 4 is 23.4 Å². The molecule has 0 spiro atoms. The first-order valence-electron chi connectivity index (χ1n) is 13.5. The van der Waals surface area contributed by atoms with Crippen LogP contribution in [-0.2, 0) is 14.3 Å². The molecule has 0 unspecified atom stereocenters. The van der Waals surface area contributed by atoms with Gasteiger partial charge in [-0.05, 0) is 44.0 Å². The third-order valence-electron chi connectivity index (χ3n) is 7.42. The van der Waals surface area contributed by atoms with Crippen LogP contribution in [0.2, 0.25) is 0 Å². The van der Waals surface area contributed by atoms with Gasteiger partial charge in [-0.25, -0.2) is 0 Å². The van der Waals surface area contributed by atoms with E-state index in [0.717, 1.165) is 39.3 Å². The second kappa shape index (κ2) is 12.6. The summed E-state index contributed by atoms with van der Waals surface area (Å²) in [7, 11) is 1.75. The Hall–Kier alpha value is -3.48. The first-order chi connectivity index (χ1) is 19.0. The Morgan fingerprint density at radius 3 is 2.79 bits per heavy atom. The Labute approximate surface area is 226 Å². The highest BCUT2D eigenvalue weighted by Crippen LogP contribution is 2.32. The van der Waals surface area contributed by atoms with Gasteiger partial charge in [0.25, 0.3) is 11.8 Å². The van der Waals surface area contributed by atoms with Crippen molar-refractivity contribution < 1.29 is 33.1 Å². The highest BCUT2D eigenvalue weighted by molar-refractivity contribution is 6.04. The fraction of sp³-hybridized carbons (Fsp3) is 0.556. The zero-order valence-electron chi connectivity index (χ0n) is 22.1. The summed E-state index contributed by atoms with van der Waals surface area (Å²) in [6, 6.07) is 6.18. The minimum absolute atomic E-state index is 0.0260. The first-order valence-corrected chi connectivity index (χ1v) is 13.5. The molecule has 2 saturated heterocycles. The molecule has 39 heavy (non-hydrogen) atoms. The van der Waals surface area contributed by atoms with Crippen LogP contribution in [0.3, 0.4) is 0 Å². The van der Waals surface area contributed by atoms with Crippen LogP contribution >= 0.6 is 0 Å². The van der Waals surface area contributed by atoms with E-state index in [1.165, 1.54) is 12.3 Å². The number of nitrogens with one attached hydrogen (secondary N) is 2. The standard InChI is InChI=1S/C27H35N5O7/c1-31-21-5-4-19(16-25(33)28-8-2-10-32-11-13-36-14-12-32)38-24(21)17-37-22-6-3-18(15-20(22)27(31)35)30-26(34)23-7-9-29-39-23/h3,6-7,9,15,19,21,24H,2,4-5,8,10-14,16-17H2,1H3,(H,28,33)(H,30,34)/t19-,21+,24-/m1/s1. The number of fused-ring (bicyclic) bond motifs is 2.